The normalized spacial score (nSPS) is 17.5. The fourth-order valence-corrected chi connectivity index (χ4v) is 4.25. The summed E-state index contributed by atoms with van der Waals surface area (Å²) < 4.78 is 17.4. The van der Waals surface area contributed by atoms with Crippen LogP contribution >= 0.6 is 11.6 Å². The second-order valence-corrected chi connectivity index (χ2v) is 11.2. The average molecular weight is 524 g/mol. The standard InChI is InChI=1S/C29H34ClN3O4/c1-28(2,3)33-27(34)37-25-16-24(17-25)36-23-12-8-20(9-13-23)29(4,5)19-6-10-22(11-7-19)35-18-21-14-15-31-26(30)32-21/h6-15,24-25H,16-18H2,1-5H3,(H,33,34). The van der Waals surface area contributed by atoms with E-state index in [1.54, 1.807) is 12.3 Å². The van der Waals surface area contributed by atoms with Crippen molar-refractivity contribution in [1.82, 2.24) is 15.3 Å². The zero-order valence-electron chi connectivity index (χ0n) is 22.0. The largest absolute Gasteiger partial charge is 0.490 e. The van der Waals surface area contributed by atoms with Gasteiger partial charge >= 0.3 is 6.09 Å². The number of nitrogens with one attached hydrogen (secondary N) is 1. The summed E-state index contributed by atoms with van der Waals surface area (Å²) in [6, 6.07) is 18.1. The third-order valence-electron chi connectivity index (χ3n) is 6.33. The molecule has 1 N–H and O–H groups in total. The second kappa shape index (κ2) is 11.0. The quantitative estimate of drug-likeness (QED) is 0.341. The van der Waals surface area contributed by atoms with Gasteiger partial charge in [0.2, 0.25) is 5.28 Å². The molecule has 37 heavy (non-hydrogen) atoms. The Morgan fingerprint density at radius 3 is 2.08 bits per heavy atom. The van der Waals surface area contributed by atoms with Gasteiger partial charge in [0.1, 0.15) is 30.3 Å². The lowest BCUT2D eigenvalue weighted by Gasteiger charge is -2.35. The van der Waals surface area contributed by atoms with Gasteiger partial charge in [-0.15, -0.1) is 0 Å². The molecule has 2 aromatic carbocycles. The van der Waals surface area contributed by atoms with Crippen LogP contribution in [-0.2, 0) is 16.8 Å². The van der Waals surface area contributed by atoms with Crippen molar-refractivity contribution in [3.63, 3.8) is 0 Å². The number of amides is 1. The summed E-state index contributed by atoms with van der Waals surface area (Å²) >= 11 is 5.84. The third-order valence-corrected chi connectivity index (χ3v) is 6.51. The van der Waals surface area contributed by atoms with Crippen LogP contribution in [0.3, 0.4) is 0 Å². The Kier molecular flexibility index (Phi) is 7.93. The minimum atomic E-state index is -0.377. The molecule has 0 spiro atoms. The Hall–Kier alpha value is -3.32. The summed E-state index contributed by atoms with van der Waals surface area (Å²) in [4.78, 5) is 19.9. The molecule has 7 nitrogen and oxygen atoms in total. The molecule has 8 heteroatoms. The van der Waals surface area contributed by atoms with Crippen LogP contribution in [-0.4, -0.2) is 33.8 Å². The molecule has 4 rings (SSSR count). The maximum Gasteiger partial charge on any atom is 0.407 e. The Morgan fingerprint density at radius 1 is 0.919 bits per heavy atom. The molecule has 1 amide bonds. The van der Waals surface area contributed by atoms with E-state index in [0.29, 0.717) is 19.4 Å². The van der Waals surface area contributed by atoms with Gasteiger partial charge in [0.05, 0.1) is 5.69 Å². The Labute approximate surface area is 223 Å². The molecule has 1 heterocycles. The SMILES string of the molecule is CC(C)(C)NC(=O)OC1CC(Oc2ccc(C(C)(C)c3ccc(OCc4ccnc(Cl)n4)cc3)cc2)C1. The van der Waals surface area contributed by atoms with E-state index in [-0.39, 0.29) is 34.5 Å². The molecular formula is C29H34ClN3O4. The molecule has 1 aliphatic carbocycles. The number of aromatic nitrogens is 2. The number of hydrogen-bond acceptors (Lipinski definition) is 6. The van der Waals surface area contributed by atoms with Crippen LogP contribution in [0.4, 0.5) is 4.79 Å². The van der Waals surface area contributed by atoms with Crippen molar-refractivity contribution in [2.75, 3.05) is 0 Å². The summed E-state index contributed by atoms with van der Waals surface area (Å²) in [6.45, 7) is 10.5. The maximum absolute atomic E-state index is 11.9. The summed E-state index contributed by atoms with van der Waals surface area (Å²) in [5, 5.41) is 3.03. The molecule has 0 aliphatic heterocycles. The number of halogens is 1. The fraction of sp³-hybridized carbons (Fsp3) is 0.414. The first-order chi connectivity index (χ1) is 17.5. The van der Waals surface area contributed by atoms with Crippen molar-refractivity contribution in [3.05, 3.63) is 82.9 Å². The number of carbonyl (C=O) groups excluding carboxylic acids is 1. The van der Waals surface area contributed by atoms with Crippen molar-refractivity contribution in [3.8, 4) is 11.5 Å². The van der Waals surface area contributed by atoms with Crippen molar-refractivity contribution in [2.45, 2.75) is 77.2 Å². The summed E-state index contributed by atoms with van der Waals surface area (Å²) in [5.41, 5.74) is 2.56. The van der Waals surface area contributed by atoms with E-state index in [1.165, 1.54) is 11.1 Å². The van der Waals surface area contributed by atoms with Crippen LogP contribution in [0.5, 0.6) is 11.5 Å². The molecule has 0 radical (unpaired) electrons. The van der Waals surface area contributed by atoms with Gasteiger partial charge in [-0.3, -0.25) is 0 Å². The van der Waals surface area contributed by atoms with E-state index in [1.807, 2.05) is 45.0 Å². The topological polar surface area (TPSA) is 82.6 Å². The first-order valence-electron chi connectivity index (χ1n) is 12.4. The van der Waals surface area contributed by atoms with Crippen molar-refractivity contribution >= 4 is 17.7 Å². The molecule has 1 aromatic heterocycles. The van der Waals surface area contributed by atoms with E-state index >= 15 is 0 Å². The van der Waals surface area contributed by atoms with Crippen LogP contribution < -0.4 is 14.8 Å². The van der Waals surface area contributed by atoms with Gasteiger partial charge in [-0.1, -0.05) is 38.1 Å². The lowest BCUT2D eigenvalue weighted by molar-refractivity contribution is -0.0243. The highest BCUT2D eigenvalue weighted by Crippen LogP contribution is 2.34. The lowest BCUT2D eigenvalue weighted by atomic mass is 9.78. The molecular weight excluding hydrogens is 490 g/mol. The third kappa shape index (κ3) is 7.35. The monoisotopic (exact) mass is 523 g/mol. The van der Waals surface area contributed by atoms with Gasteiger partial charge in [-0.2, -0.15) is 0 Å². The van der Waals surface area contributed by atoms with Gasteiger partial charge in [-0.05, 0) is 73.8 Å². The first kappa shape index (κ1) is 26.7. The summed E-state index contributed by atoms with van der Waals surface area (Å²) in [7, 11) is 0. The summed E-state index contributed by atoms with van der Waals surface area (Å²) in [6.07, 6.45) is 2.58. The van der Waals surface area contributed by atoms with E-state index in [2.05, 4.69) is 53.4 Å². The molecule has 0 atom stereocenters. The highest BCUT2D eigenvalue weighted by Gasteiger charge is 2.34. The highest BCUT2D eigenvalue weighted by atomic mass is 35.5. The van der Waals surface area contributed by atoms with Crippen LogP contribution in [0.15, 0.2) is 60.8 Å². The van der Waals surface area contributed by atoms with Crippen LogP contribution in [0.2, 0.25) is 5.28 Å². The molecule has 196 valence electrons. The van der Waals surface area contributed by atoms with Crippen molar-refractivity contribution in [2.24, 2.45) is 0 Å². The van der Waals surface area contributed by atoms with E-state index < -0.39 is 0 Å². The minimum Gasteiger partial charge on any atom is -0.490 e. The maximum atomic E-state index is 11.9. The molecule has 0 bridgehead atoms. The van der Waals surface area contributed by atoms with Gasteiger partial charge < -0.3 is 19.5 Å². The van der Waals surface area contributed by atoms with Crippen molar-refractivity contribution < 1.29 is 19.0 Å². The predicted octanol–water partition coefficient (Wildman–Crippen LogP) is 6.47. The number of rotatable bonds is 8. The Bertz CT molecular complexity index is 1200. The number of carbonyl (C=O) groups is 1. The van der Waals surface area contributed by atoms with Gasteiger partial charge in [-0.25, -0.2) is 14.8 Å². The Balaban J connectivity index is 1.28. The van der Waals surface area contributed by atoms with Crippen molar-refractivity contribution in [1.29, 1.82) is 0 Å². The molecule has 3 aromatic rings. The predicted molar refractivity (Wildman–Crippen MR) is 143 cm³/mol. The molecule has 1 saturated carbocycles. The average Bonchev–Trinajstić information content (AvgIpc) is 2.81. The number of benzene rings is 2. The smallest absolute Gasteiger partial charge is 0.407 e. The van der Waals surface area contributed by atoms with E-state index in [9.17, 15) is 4.79 Å². The van der Waals surface area contributed by atoms with Crippen LogP contribution in [0.1, 0.15) is 64.3 Å². The molecule has 0 saturated heterocycles. The first-order valence-corrected chi connectivity index (χ1v) is 12.8. The van der Waals surface area contributed by atoms with E-state index in [0.717, 1.165) is 17.2 Å². The summed E-state index contributed by atoms with van der Waals surface area (Å²) in [5.74, 6) is 1.58. The lowest BCUT2D eigenvalue weighted by Crippen LogP contribution is -2.46. The number of nitrogens with zero attached hydrogens (tertiary/aromatic N) is 2. The number of alkyl carbamates (subject to hydrolysis) is 1. The van der Waals surface area contributed by atoms with E-state index in [4.69, 9.17) is 25.8 Å². The number of hydrogen-bond donors (Lipinski definition) is 1. The number of ether oxygens (including phenoxy) is 3. The second-order valence-electron chi connectivity index (χ2n) is 10.9. The fourth-order valence-electron chi connectivity index (χ4n) is 4.08. The molecule has 1 aliphatic rings. The van der Waals surface area contributed by atoms with Gasteiger partial charge in [0.25, 0.3) is 0 Å². The highest BCUT2D eigenvalue weighted by molar-refractivity contribution is 6.28. The molecule has 0 unspecified atom stereocenters. The Morgan fingerprint density at radius 2 is 1.51 bits per heavy atom. The van der Waals surface area contributed by atoms with Gasteiger partial charge in [0.15, 0.2) is 0 Å². The minimum absolute atomic E-state index is 0.0530. The van der Waals surface area contributed by atoms with Crippen LogP contribution in [0.25, 0.3) is 0 Å². The van der Waals surface area contributed by atoms with Gasteiger partial charge in [0, 0.05) is 30.0 Å². The zero-order chi connectivity index (χ0) is 26.6. The van der Waals surface area contributed by atoms with Crippen LogP contribution in [0, 0.1) is 0 Å². The zero-order valence-corrected chi connectivity index (χ0v) is 22.7. The molecule has 1 fully saturated rings.